The normalized spacial score (nSPS) is 16.3. The second kappa shape index (κ2) is 6.36. The number of primary amides is 1. The standard InChI is InChI=1S/C15H17F3N4O3/c1-21(2)14(13(19)25)7-22(8-14)12(24)11(23)20-10-5-3-4-9(6-10)15(16,17)18/h3-6H,7-8H2,1-2H3,(H2,19,25)(H,20,23). The molecule has 1 aromatic carbocycles. The monoisotopic (exact) mass is 358 g/mol. The van der Waals surface area contributed by atoms with Gasteiger partial charge in [0.25, 0.3) is 0 Å². The smallest absolute Gasteiger partial charge is 0.368 e. The van der Waals surface area contributed by atoms with Crippen LogP contribution in [0.2, 0.25) is 0 Å². The number of carbonyl (C=O) groups excluding carboxylic acids is 3. The maximum atomic E-state index is 12.7. The number of likely N-dealkylation sites (N-methyl/N-ethyl adjacent to an activating group) is 1. The molecule has 0 atom stereocenters. The molecule has 0 spiro atoms. The topological polar surface area (TPSA) is 95.7 Å². The first-order chi connectivity index (χ1) is 11.5. The van der Waals surface area contributed by atoms with Crippen LogP contribution in [0.3, 0.4) is 0 Å². The number of nitrogens with two attached hydrogens (primary N) is 1. The molecule has 1 fully saturated rings. The van der Waals surface area contributed by atoms with Gasteiger partial charge in [0.05, 0.1) is 18.7 Å². The summed E-state index contributed by atoms with van der Waals surface area (Å²) in [7, 11) is 3.24. The van der Waals surface area contributed by atoms with Crippen molar-refractivity contribution in [3.05, 3.63) is 29.8 Å². The van der Waals surface area contributed by atoms with Crippen molar-refractivity contribution in [3.63, 3.8) is 0 Å². The van der Waals surface area contributed by atoms with E-state index in [1.165, 1.54) is 6.07 Å². The first kappa shape index (κ1) is 18.7. The summed E-state index contributed by atoms with van der Waals surface area (Å²) in [6.45, 7) is -0.131. The fourth-order valence-corrected chi connectivity index (χ4v) is 2.49. The van der Waals surface area contributed by atoms with Crippen LogP contribution in [-0.2, 0) is 20.6 Å². The number of carbonyl (C=O) groups is 3. The van der Waals surface area contributed by atoms with Crippen molar-refractivity contribution in [1.29, 1.82) is 0 Å². The van der Waals surface area contributed by atoms with Gasteiger partial charge in [0, 0.05) is 5.69 Å². The summed E-state index contributed by atoms with van der Waals surface area (Å²) in [5, 5.41) is 2.13. The van der Waals surface area contributed by atoms with Gasteiger partial charge in [0.2, 0.25) is 5.91 Å². The van der Waals surface area contributed by atoms with Gasteiger partial charge in [-0.25, -0.2) is 0 Å². The van der Waals surface area contributed by atoms with Crippen molar-refractivity contribution in [2.24, 2.45) is 5.73 Å². The van der Waals surface area contributed by atoms with Crippen molar-refractivity contribution in [2.75, 3.05) is 32.5 Å². The third-order valence-electron chi connectivity index (χ3n) is 4.15. The highest BCUT2D eigenvalue weighted by Gasteiger charge is 2.52. The van der Waals surface area contributed by atoms with E-state index in [-0.39, 0.29) is 18.8 Å². The molecule has 0 radical (unpaired) electrons. The van der Waals surface area contributed by atoms with Crippen LogP contribution < -0.4 is 11.1 Å². The number of amides is 3. The SMILES string of the molecule is CN(C)C1(C(N)=O)CN(C(=O)C(=O)Nc2cccc(C(F)(F)F)c2)C1. The van der Waals surface area contributed by atoms with E-state index < -0.39 is 35.0 Å². The number of hydrogen-bond donors (Lipinski definition) is 2. The molecular formula is C15H17F3N4O3. The Balaban J connectivity index is 2.03. The van der Waals surface area contributed by atoms with Crippen LogP contribution in [-0.4, -0.2) is 60.2 Å². The maximum Gasteiger partial charge on any atom is 0.416 e. The molecular weight excluding hydrogens is 341 g/mol. The van der Waals surface area contributed by atoms with Gasteiger partial charge in [0.1, 0.15) is 5.54 Å². The van der Waals surface area contributed by atoms with Crippen molar-refractivity contribution < 1.29 is 27.6 Å². The minimum atomic E-state index is -4.56. The van der Waals surface area contributed by atoms with E-state index in [4.69, 9.17) is 5.73 Å². The van der Waals surface area contributed by atoms with Crippen LogP contribution in [0.1, 0.15) is 5.56 Å². The van der Waals surface area contributed by atoms with Gasteiger partial charge in [-0.15, -0.1) is 0 Å². The lowest BCUT2D eigenvalue weighted by molar-refractivity contribution is -0.157. The Hall–Kier alpha value is -2.62. The van der Waals surface area contributed by atoms with Gasteiger partial charge < -0.3 is 16.0 Å². The second-order valence-electron chi connectivity index (χ2n) is 5.98. The van der Waals surface area contributed by atoms with Gasteiger partial charge >= 0.3 is 18.0 Å². The zero-order valence-corrected chi connectivity index (χ0v) is 13.6. The van der Waals surface area contributed by atoms with E-state index in [2.05, 4.69) is 5.32 Å². The molecule has 10 heteroatoms. The molecule has 3 amide bonds. The van der Waals surface area contributed by atoms with Gasteiger partial charge in [-0.2, -0.15) is 13.2 Å². The number of nitrogens with zero attached hydrogens (tertiary/aromatic N) is 2. The highest BCUT2D eigenvalue weighted by Crippen LogP contribution is 2.31. The lowest BCUT2D eigenvalue weighted by Crippen LogP contribution is -2.75. The van der Waals surface area contributed by atoms with Crippen LogP contribution in [0.5, 0.6) is 0 Å². The van der Waals surface area contributed by atoms with Gasteiger partial charge in [-0.1, -0.05) is 6.07 Å². The van der Waals surface area contributed by atoms with Crippen LogP contribution in [0.25, 0.3) is 0 Å². The van der Waals surface area contributed by atoms with Gasteiger partial charge in [-0.05, 0) is 32.3 Å². The van der Waals surface area contributed by atoms with Crippen molar-refractivity contribution >= 4 is 23.4 Å². The molecule has 0 aliphatic carbocycles. The lowest BCUT2D eigenvalue weighted by atomic mass is 9.87. The van der Waals surface area contributed by atoms with E-state index in [1.807, 2.05) is 0 Å². The number of anilines is 1. The quantitative estimate of drug-likeness (QED) is 0.759. The van der Waals surface area contributed by atoms with E-state index >= 15 is 0 Å². The van der Waals surface area contributed by atoms with Gasteiger partial charge in [-0.3, -0.25) is 19.3 Å². The summed E-state index contributed by atoms with van der Waals surface area (Å²) in [5.41, 5.74) is 3.18. The number of halogens is 3. The maximum absolute atomic E-state index is 12.7. The third kappa shape index (κ3) is 3.58. The molecule has 25 heavy (non-hydrogen) atoms. The Labute approximate surface area is 141 Å². The Morgan fingerprint density at radius 1 is 1.24 bits per heavy atom. The molecule has 1 saturated heterocycles. The number of hydrogen-bond acceptors (Lipinski definition) is 4. The molecule has 1 heterocycles. The largest absolute Gasteiger partial charge is 0.416 e. The number of benzene rings is 1. The predicted molar refractivity (Wildman–Crippen MR) is 82.3 cm³/mol. The summed E-state index contributed by atoms with van der Waals surface area (Å²) in [6, 6.07) is 3.95. The highest BCUT2D eigenvalue weighted by molar-refractivity contribution is 6.39. The number of likely N-dealkylation sites (tertiary alicyclic amines) is 1. The average molecular weight is 358 g/mol. The number of alkyl halides is 3. The number of nitrogens with one attached hydrogen (secondary N) is 1. The van der Waals surface area contributed by atoms with Crippen LogP contribution in [0.15, 0.2) is 24.3 Å². The van der Waals surface area contributed by atoms with E-state index in [0.29, 0.717) is 0 Å². The van der Waals surface area contributed by atoms with E-state index in [1.54, 1.807) is 19.0 Å². The minimum Gasteiger partial charge on any atom is -0.368 e. The summed E-state index contributed by atoms with van der Waals surface area (Å²) >= 11 is 0. The summed E-state index contributed by atoms with van der Waals surface area (Å²) < 4.78 is 38.0. The summed E-state index contributed by atoms with van der Waals surface area (Å²) in [5.74, 6) is -2.66. The molecule has 3 N–H and O–H groups in total. The molecule has 0 bridgehead atoms. The molecule has 0 unspecified atom stereocenters. The highest BCUT2D eigenvalue weighted by atomic mass is 19.4. The van der Waals surface area contributed by atoms with Gasteiger partial charge in [0.15, 0.2) is 0 Å². The van der Waals surface area contributed by atoms with Crippen LogP contribution in [0, 0.1) is 0 Å². The molecule has 136 valence electrons. The van der Waals surface area contributed by atoms with Crippen molar-refractivity contribution in [1.82, 2.24) is 9.80 Å². The molecule has 1 aromatic rings. The average Bonchev–Trinajstić information content (AvgIpc) is 2.44. The fourth-order valence-electron chi connectivity index (χ4n) is 2.49. The minimum absolute atomic E-state index is 0.0653. The van der Waals surface area contributed by atoms with Crippen LogP contribution >= 0.6 is 0 Å². The van der Waals surface area contributed by atoms with Crippen molar-refractivity contribution in [3.8, 4) is 0 Å². The Kier molecular flexibility index (Phi) is 4.76. The Bertz CT molecular complexity index is 712. The zero-order valence-electron chi connectivity index (χ0n) is 13.6. The molecule has 1 aliphatic rings. The van der Waals surface area contributed by atoms with Crippen LogP contribution in [0.4, 0.5) is 18.9 Å². The molecule has 7 nitrogen and oxygen atoms in total. The molecule has 1 aliphatic heterocycles. The first-order valence-electron chi connectivity index (χ1n) is 7.22. The molecule has 0 aromatic heterocycles. The second-order valence-corrected chi connectivity index (χ2v) is 5.98. The summed E-state index contributed by atoms with van der Waals surface area (Å²) in [4.78, 5) is 38.2. The molecule has 2 rings (SSSR count). The lowest BCUT2D eigenvalue weighted by Gasteiger charge is -2.51. The number of rotatable bonds is 3. The Morgan fingerprint density at radius 2 is 1.84 bits per heavy atom. The zero-order chi connectivity index (χ0) is 19.0. The van der Waals surface area contributed by atoms with Crippen molar-refractivity contribution in [2.45, 2.75) is 11.7 Å². The van der Waals surface area contributed by atoms with E-state index in [0.717, 1.165) is 23.1 Å². The predicted octanol–water partition coefficient (Wildman–Crippen LogP) is 0.272. The summed E-state index contributed by atoms with van der Waals surface area (Å²) in [6.07, 6.45) is -4.56. The fraction of sp³-hybridized carbons (Fsp3) is 0.400. The first-order valence-corrected chi connectivity index (χ1v) is 7.22. The third-order valence-corrected chi connectivity index (χ3v) is 4.15. The Morgan fingerprint density at radius 3 is 2.32 bits per heavy atom. The van der Waals surface area contributed by atoms with E-state index in [9.17, 15) is 27.6 Å². The molecule has 0 saturated carbocycles.